The number of benzene rings is 1. The topological polar surface area (TPSA) is 22.3 Å². The number of rotatable bonds is 5. The molecule has 0 spiro atoms. The zero-order valence-corrected chi connectivity index (χ0v) is 13.5. The second kappa shape index (κ2) is 6.20. The quantitative estimate of drug-likeness (QED) is 0.910. The maximum Gasteiger partial charge on any atom is 0.0454 e. The van der Waals surface area contributed by atoms with E-state index in [2.05, 4.69) is 60.1 Å². The fourth-order valence-corrected chi connectivity index (χ4v) is 3.77. The summed E-state index contributed by atoms with van der Waals surface area (Å²) < 4.78 is 0. The minimum Gasteiger partial charge on any atom is -0.361 e. The Hall–Kier alpha value is -1.32. The highest BCUT2D eigenvalue weighted by atomic mass is 15.2. The highest BCUT2D eigenvalue weighted by Gasteiger charge is 2.33. The maximum absolute atomic E-state index is 3.27. The van der Waals surface area contributed by atoms with Crippen LogP contribution in [0, 0.1) is 5.92 Å². The van der Waals surface area contributed by atoms with Gasteiger partial charge in [-0.05, 0) is 55.6 Å². The van der Waals surface area contributed by atoms with Crippen LogP contribution in [0.15, 0.2) is 30.5 Å². The predicted molar refractivity (Wildman–Crippen MR) is 89.4 cm³/mol. The number of likely N-dealkylation sites (N-methyl/N-ethyl adjacent to an activating group) is 1. The summed E-state index contributed by atoms with van der Waals surface area (Å²) >= 11 is 0. The summed E-state index contributed by atoms with van der Waals surface area (Å²) in [7, 11) is 4.45. The number of aromatic amines is 1. The molecule has 1 N–H and O–H groups in total. The minimum absolute atomic E-state index is 0.709. The number of likely N-dealkylation sites (tertiary alicyclic amines) is 1. The summed E-state index contributed by atoms with van der Waals surface area (Å²) in [4.78, 5) is 8.30. The molecule has 3 heteroatoms. The molecule has 21 heavy (non-hydrogen) atoms. The van der Waals surface area contributed by atoms with Crippen LogP contribution in [0.2, 0.25) is 0 Å². The van der Waals surface area contributed by atoms with Gasteiger partial charge in [-0.1, -0.05) is 19.4 Å². The smallest absolute Gasteiger partial charge is 0.0454 e. The SMILES string of the molecule is CCC[C@@H]1CN(Cc2ccc3[nH]ccc3c2)C[C@H]1N(C)C. The molecule has 0 amide bonds. The Labute approximate surface area is 127 Å². The zero-order chi connectivity index (χ0) is 14.8. The third-order valence-electron chi connectivity index (χ3n) is 4.83. The van der Waals surface area contributed by atoms with E-state index in [1.807, 2.05) is 6.20 Å². The first-order valence-corrected chi connectivity index (χ1v) is 8.12. The predicted octanol–water partition coefficient (Wildman–Crippen LogP) is 3.33. The fraction of sp³-hybridized carbons (Fsp3) is 0.556. The van der Waals surface area contributed by atoms with Crippen molar-refractivity contribution in [3.63, 3.8) is 0 Å². The standard InChI is InChI=1S/C18H27N3/c1-4-5-16-12-21(13-18(16)20(2)3)11-14-6-7-17-15(10-14)8-9-19-17/h6-10,16,18-19H,4-5,11-13H2,1-3H3/t16-,18-/m1/s1. The first-order valence-electron chi connectivity index (χ1n) is 8.12. The van der Waals surface area contributed by atoms with Crippen molar-refractivity contribution >= 4 is 10.9 Å². The van der Waals surface area contributed by atoms with Crippen LogP contribution in [0.1, 0.15) is 25.3 Å². The number of hydrogen-bond acceptors (Lipinski definition) is 2. The van der Waals surface area contributed by atoms with Crippen molar-refractivity contribution in [1.82, 2.24) is 14.8 Å². The molecule has 2 heterocycles. The molecule has 0 radical (unpaired) electrons. The molecular formula is C18H27N3. The molecule has 0 aliphatic carbocycles. The van der Waals surface area contributed by atoms with Gasteiger partial charge in [0.25, 0.3) is 0 Å². The van der Waals surface area contributed by atoms with Gasteiger partial charge in [-0.3, -0.25) is 4.90 Å². The average molecular weight is 285 g/mol. The molecule has 3 nitrogen and oxygen atoms in total. The summed E-state index contributed by atoms with van der Waals surface area (Å²) in [5, 5.41) is 1.32. The molecule has 2 atom stereocenters. The number of H-pyrrole nitrogens is 1. The van der Waals surface area contributed by atoms with Crippen molar-refractivity contribution in [2.75, 3.05) is 27.2 Å². The number of hydrogen-bond donors (Lipinski definition) is 1. The van der Waals surface area contributed by atoms with Crippen molar-refractivity contribution in [3.05, 3.63) is 36.0 Å². The normalized spacial score (nSPS) is 23.4. The summed E-state index contributed by atoms with van der Waals surface area (Å²) in [6, 6.07) is 9.65. The van der Waals surface area contributed by atoms with E-state index in [1.165, 1.54) is 42.4 Å². The van der Waals surface area contributed by atoms with E-state index in [0.717, 1.165) is 12.5 Å². The van der Waals surface area contributed by atoms with E-state index in [9.17, 15) is 0 Å². The van der Waals surface area contributed by atoms with Gasteiger partial charge in [0.15, 0.2) is 0 Å². The van der Waals surface area contributed by atoms with Crippen LogP contribution in [0.25, 0.3) is 10.9 Å². The van der Waals surface area contributed by atoms with Gasteiger partial charge in [-0.25, -0.2) is 0 Å². The minimum atomic E-state index is 0.709. The van der Waals surface area contributed by atoms with Gasteiger partial charge in [0.2, 0.25) is 0 Å². The highest BCUT2D eigenvalue weighted by Crippen LogP contribution is 2.26. The number of nitrogens with one attached hydrogen (secondary N) is 1. The molecule has 114 valence electrons. The largest absolute Gasteiger partial charge is 0.361 e. The van der Waals surface area contributed by atoms with E-state index in [1.54, 1.807) is 0 Å². The van der Waals surface area contributed by atoms with E-state index in [-0.39, 0.29) is 0 Å². The molecular weight excluding hydrogens is 258 g/mol. The van der Waals surface area contributed by atoms with Crippen molar-refractivity contribution < 1.29 is 0 Å². The van der Waals surface area contributed by atoms with E-state index >= 15 is 0 Å². The van der Waals surface area contributed by atoms with Crippen LogP contribution < -0.4 is 0 Å². The van der Waals surface area contributed by atoms with Crippen molar-refractivity contribution in [2.24, 2.45) is 5.92 Å². The van der Waals surface area contributed by atoms with Crippen LogP contribution in [-0.2, 0) is 6.54 Å². The molecule has 1 fully saturated rings. The fourth-order valence-electron chi connectivity index (χ4n) is 3.77. The molecule has 1 aliphatic rings. The van der Waals surface area contributed by atoms with Gasteiger partial charge in [0.05, 0.1) is 0 Å². The Kier molecular flexibility index (Phi) is 4.32. The lowest BCUT2D eigenvalue weighted by molar-refractivity contribution is 0.239. The Balaban J connectivity index is 1.69. The van der Waals surface area contributed by atoms with E-state index < -0.39 is 0 Å². The molecule has 1 aromatic heterocycles. The van der Waals surface area contributed by atoms with Crippen LogP contribution in [0.5, 0.6) is 0 Å². The third-order valence-corrected chi connectivity index (χ3v) is 4.83. The number of fused-ring (bicyclic) bond motifs is 1. The van der Waals surface area contributed by atoms with Crippen LogP contribution in [0.4, 0.5) is 0 Å². The first kappa shape index (κ1) is 14.6. The van der Waals surface area contributed by atoms with Crippen LogP contribution >= 0.6 is 0 Å². The van der Waals surface area contributed by atoms with Gasteiger partial charge in [-0.15, -0.1) is 0 Å². The lowest BCUT2D eigenvalue weighted by Gasteiger charge is -2.24. The van der Waals surface area contributed by atoms with Crippen molar-refractivity contribution in [2.45, 2.75) is 32.4 Å². The molecule has 1 aliphatic heterocycles. The highest BCUT2D eigenvalue weighted by molar-refractivity contribution is 5.79. The summed E-state index contributed by atoms with van der Waals surface area (Å²) in [5.74, 6) is 0.820. The molecule has 1 aromatic carbocycles. The zero-order valence-electron chi connectivity index (χ0n) is 13.5. The van der Waals surface area contributed by atoms with Crippen molar-refractivity contribution in [1.29, 1.82) is 0 Å². The van der Waals surface area contributed by atoms with Gasteiger partial charge in [0.1, 0.15) is 0 Å². The molecule has 0 unspecified atom stereocenters. The van der Waals surface area contributed by atoms with Crippen molar-refractivity contribution in [3.8, 4) is 0 Å². The lowest BCUT2D eigenvalue weighted by atomic mass is 9.98. The second-order valence-electron chi connectivity index (χ2n) is 6.67. The van der Waals surface area contributed by atoms with Gasteiger partial charge < -0.3 is 9.88 Å². The number of nitrogens with zero attached hydrogens (tertiary/aromatic N) is 2. The molecule has 3 rings (SSSR count). The maximum atomic E-state index is 3.27. The Morgan fingerprint density at radius 3 is 2.86 bits per heavy atom. The monoisotopic (exact) mass is 285 g/mol. The summed E-state index contributed by atoms with van der Waals surface area (Å²) in [6.45, 7) is 5.81. The summed E-state index contributed by atoms with van der Waals surface area (Å²) in [6.07, 6.45) is 4.65. The number of aromatic nitrogens is 1. The molecule has 0 bridgehead atoms. The lowest BCUT2D eigenvalue weighted by Crippen LogP contribution is -2.35. The molecule has 0 saturated carbocycles. The Bertz CT molecular complexity index is 587. The molecule has 1 saturated heterocycles. The van der Waals surface area contributed by atoms with Gasteiger partial charge in [-0.2, -0.15) is 0 Å². The average Bonchev–Trinajstić information content (AvgIpc) is 3.05. The van der Waals surface area contributed by atoms with Crippen LogP contribution in [0.3, 0.4) is 0 Å². The first-order chi connectivity index (χ1) is 10.2. The van der Waals surface area contributed by atoms with Gasteiger partial charge >= 0.3 is 0 Å². The second-order valence-corrected chi connectivity index (χ2v) is 6.67. The molecule has 2 aromatic rings. The third kappa shape index (κ3) is 3.14. The van der Waals surface area contributed by atoms with Crippen LogP contribution in [-0.4, -0.2) is 48.0 Å². The Morgan fingerprint density at radius 2 is 2.10 bits per heavy atom. The van der Waals surface area contributed by atoms with E-state index in [4.69, 9.17) is 0 Å². The summed E-state index contributed by atoms with van der Waals surface area (Å²) in [5.41, 5.74) is 2.66. The van der Waals surface area contributed by atoms with Gasteiger partial charge in [0, 0.05) is 37.4 Å². The van der Waals surface area contributed by atoms with E-state index in [0.29, 0.717) is 6.04 Å². The Morgan fingerprint density at radius 1 is 1.24 bits per heavy atom.